The molecule has 5 nitrogen and oxygen atoms in total. The molecule has 0 fully saturated rings. The lowest BCUT2D eigenvalue weighted by atomic mass is 10.2. The molecular weight excluding hydrogens is 237 g/mol. The zero-order valence-corrected chi connectivity index (χ0v) is 9.76. The Morgan fingerprint density at radius 1 is 1.50 bits per heavy atom. The maximum absolute atomic E-state index is 13.5. The molecule has 18 heavy (non-hydrogen) atoms. The molecule has 0 radical (unpaired) electrons. The lowest BCUT2D eigenvalue weighted by Gasteiger charge is -2.06. The second kappa shape index (κ2) is 4.87. The summed E-state index contributed by atoms with van der Waals surface area (Å²) in [6.07, 6.45) is 0. The van der Waals surface area contributed by atoms with E-state index in [1.807, 2.05) is 0 Å². The Morgan fingerprint density at radius 2 is 2.22 bits per heavy atom. The predicted molar refractivity (Wildman–Crippen MR) is 62.8 cm³/mol. The molecule has 0 spiro atoms. The van der Waals surface area contributed by atoms with Crippen molar-refractivity contribution >= 4 is 5.91 Å². The number of hydrogen-bond acceptors (Lipinski definition) is 3. The number of carbonyl (C=O) groups is 1. The quantitative estimate of drug-likeness (QED) is 0.884. The number of benzene rings is 1. The fourth-order valence-electron chi connectivity index (χ4n) is 1.59. The lowest BCUT2D eigenvalue weighted by molar-refractivity contribution is 0.0995. The molecule has 1 amide bonds. The summed E-state index contributed by atoms with van der Waals surface area (Å²) in [5.74, 6) is -0.636. The minimum Gasteiger partial charge on any atom is -0.481 e. The first kappa shape index (κ1) is 12.1. The average Bonchev–Trinajstić information content (AvgIpc) is 2.75. The van der Waals surface area contributed by atoms with Crippen LogP contribution in [0.15, 0.2) is 30.3 Å². The van der Waals surface area contributed by atoms with Gasteiger partial charge < -0.3 is 10.5 Å². The summed E-state index contributed by atoms with van der Waals surface area (Å²) in [4.78, 5) is 11.0. The van der Waals surface area contributed by atoms with Gasteiger partial charge in [-0.3, -0.25) is 4.79 Å². The average molecular weight is 249 g/mol. The van der Waals surface area contributed by atoms with E-state index >= 15 is 0 Å². The number of halogens is 1. The summed E-state index contributed by atoms with van der Waals surface area (Å²) >= 11 is 0. The molecule has 1 aromatic heterocycles. The van der Waals surface area contributed by atoms with Crippen molar-refractivity contribution in [2.45, 2.75) is 6.54 Å². The van der Waals surface area contributed by atoms with Crippen molar-refractivity contribution in [1.29, 1.82) is 0 Å². The van der Waals surface area contributed by atoms with Gasteiger partial charge in [0.1, 0.15) is 5.82 Å². The normalized spacial score (nSPS) is 10.3. The first-order valence-corrected chi connectivity index (χ1v) is 5.27. The zero-order valence-electron chi connectivity index (χ0n) is 9.76. The summed E-state index contributed by atoms with van der Waals surface area (Å²) in [7, 11) is 1.44. The third-order valence-electron chi connectivity index (χ3n) is 2.48. The van der Waals surface area contributed by atoms with Crippen LogP contribution >= 0.6 is 0 Å². The molecule has 0 aliphatic carbocycles. The van der Waals surface area contributed by atoms with Crippen LogP contribution in [0, 0.1) is 5.82 Å². The van der Waals surface area contributed by atoms with Crippen LogP contribution in [-0.2, 0) is 6.54 Å². The third-order valence-corrected chi connectivity index (χ3v) is 2.48. The minimum absolute atomic E-state index is 0.0863. The monoisotopic (exact) mass is 249 g/mol. The molecule has 94 valence electrons. The number of ether oxygens (including phenoxy) is 1. The Bertz CT molecular complexity index is 580. The molecule has 1 heterocycles. The Balaban J connectivity index is 2.34. The first-order chi connectivity index (χ1) is 8.61. The van der Waals surface area contributed by atoms with Crippen molar-refractivity contribution in [2.75, 3.05) is 7.11 Å². The van der Waals surface area contributed by atoms with E-state index in [9.17, 15) is 9.18 Å². The van der Waals surface area contributed by atoms with Gasteiger partial charge in [0.2, 0.25) is 5.88 Å². The van der Waals surface area contributed by atoms with E-state index in [0.717, 1.165) is 0 Å². The molecule has 0 aliphatic rings. The van der Waals surface area contributed by atoms with E-state index in [1.54, 1.807) is 18.2 Å². The Hall–Kier alpha value is -2.37. The van der Waals surface area contributed by atoms with Crippen LogP contribution in [0.1, 0.15) is 16.1 Å². The molecule has 1 aromatic carbocycles. The van der Waals surface area contributed by atoms with Crippen molar-refractivity contribution in [2.24, 2.45) is 5.73 Å². The second-order valence-corrected chi connectivity index (χ2v) is 3.69. The van der Waals surface area contributed by atoms with Gasteiger partial charge in [-0.05, 0) is 6.07 Å². The smallest absolute Gasteiger partial charge is 0.269 e. The fourth-order valence-corrected chi connectivity index (χ4v) is 1.59. The highest BCUT2D eigenvalue weighted by molar-refractivity contribution is 5.91. The van der Waals surface area contributed by atoms with Gasteiger partial charge in [0.15, 0.2) is 5.69 Å². The largest absolute Gasteiger partial charge is 0.481 e. The molecule has 2 aromatic rings. The van der Waals surface area contributed by atoms with Crippen LogP contribution in [-0.4, -0.2) is 22.8 Å². The summed E-state index contributed by atoms with van der Waals surface area (Å²) in [5.41, 5.74) is 5.67. The topological polar surface area (TPSA) is 70.1 Å². The molecule has 2 N–H and O–H groups in total. The molecule has 0 aliphatic heterocycles. The predicted octanol–water partition coefficient (Wildman–Crippen LogP) is 1.18. The molecule has 0 saturated carbocycles. The highest BCUT2D eigenvalue weighted by atomic mass is 19.1. The van der Waals surface area contributed by atoms with Crippen molar-refractivity contribution in [1.82, 2.24) is 9.78 Å². The molecular formula is C12H12FN3O2. The summed E-state index contributed by atoms with van der Waals surface area (Å²) in [5, 5.41) is 3.97. The van der Waals surface area contributed by atoms with E-state index in [2.05, 4.69) is 5.10 Å². The number of nitrogens with zero attached hydrogens (tertiary/aromatic N) is 2. The molecule has 0 bridgehead atoms. The van der Waals surface area contributed by atoms with Gasteiger partial charge in [-0.1, -0.05) is 18.2 Å². The van der Waals surface area contributed by atoms with Crippen molar-refractivity contribution in [3.05, 3.63) is 47.4 Å². The third kappa shape index (κ3) is 2.32. The lowest BCUT2D eigenvalue weighted by Crippen LogP contribution is -2.13. The van der Waals surface area contributed by atoms with E-state index in [1.165, 1.54) is 23.9 Å². The van der Waals surface area contributed by atoms with E-state index in [-0.39, 0.29) is 18.1 Å². The van der Waals surface area contributed by atoms with Crippen LogP contribution in [0.2, 0.25) is 0 Å². The number of aromatic nitrogens is 2. The maximum atomic E-state index is 13.5. The summed E-state index contributed by atoms with van der Waals surface area (Å²) < 4.78 is 19.9. The molecule has 2 rings (SSSR count). The van der Waals surface area contributed by atoms with Crippen molar-refractivity contribution in [3.63, 3.8) is 0 Å². The Morgan fingerprint density at radius 3 is 2.83 bits per heavy atom. The number of hydrogen-bond donors (Lipinski definition) is 1. The summed E-state index contributed by atoms with van der Waals surface area (Å²) in [6.45, 7) is 0.170. The van der Waals surface area contributed by atoms with E-state index in [0.29, 0.717) is 11.4 Å². The van der Waals surface area contributed by atoms with Gasteiger partial charge in [-0.2, -0.15) is 5.10 Å². The number of carbonyl (C=O) groups excluding carboxylic acids is 1. The van der Waals surface area contributed by atoms with Crippen molar-refractivity contribution < 1.29 is 13.9 Å². The van der Waals surface area contributed by atoms with Gasteiger partial charge >= 0.3 is 0 Å². The number of rotatable bonds is 4. The first-order valence-electron chi connectivity index (χ1n) is 5.27. The highest BCUT2D eigenvalue weighted by Gasteiger charge is 2.13. The molecule has 0 unspecified atom stereocenters. The maximum Gasteiger partial charge on any atom is 0.269 e. The molecule has 6 heteroatoms. The molecule has 0 atom stereocenters. The van der Waals surface area contributed by atoms with Crippen LogP contribution in [0.4, 0.5) is 4.39 Å². The number of methoxy groups -OCH3 is 1. The van der Waals surface area contributed by atoms with E-state index in [4.69, 9.17) is 10.5 Å². The van der Waals surface area contributed by atoms with E-state index < -0.39 is 5.91 Å². The van der Waals surface area contributed by atoms with Gasteiger partial charge in [0, 0.05) is 11.6 Å². The van der Waals surface area contributed by atoms with Crippen LogP contribution in [0.25, 0.3) is 0 Å². The van der Waals surface area contributed by atoms with Gasteiger partial charge in [0.25, 0.3) is 5.91 Å². The van der Waals surface area contributed by atoms with Gasteiger partial charge in [-0.15, -0.1) is 0 Å². The summed E-state index contributed by atoms with van der Waals surface area (Å²) in [6, 6.07) is 7.75. The van der Waals surface area contributed by atoms with Crippen LogP contribution < -0.4 is 10.5 Å². The Labute approximate surface area is 103 Å². The number of amides is 1. The standard InChI is InChI=1S/C12H12FN3O2/c1-18-11-6-10(12(14)17)15-16(11)7-8-4-2-3-5-9(8)13/h2-6H,7H2,1H3,(H2,14,17). The number of primary amides is 1. The zero-order chi connectivity index (χ0) is 13.1. The Kier molecular flexibility index (Phi) is 3.27. The number of nitrogens with two attached hydrogens (primary N) is 1. The minimum atomic E-state index is -0.652. The molecule has 0 saturated heterocycles. The highest BCUT2D eigenvalue weighted by Crippen LogP contribution is 2.16. The van der Waals surface area contributed by atoms with Gasteiger partial charge in [0.05, 0.1) is 13.7 Å². The SMILES string of the molecule is COc1cc(C(N)=O)nn1Cc1ccccc1F. The van der Waals surface area contributed by atoms with Gasteiger partial charge in [-0.25, -0.2) is 9.07 Å². The second-order valence-electron chi connectivity index (χ2n) is 3.69. The fraction of sp³-hybridized carbons (Fsp3) is 0.167. The van der Waals surface area contributed by atoms with Crippen LogP contribution in [0.5, 0.6) is 5.88 Å². The van der Waals surface area contributed by atoms with Crippen LogP contribution in [0.3, 0.4) is 0 Å². The van der Waals surface area contributed by atoms with Crippen molar-refractivity contribution in [3.8, 4) is 5.88 Å².